The van der Waals surface area contributed by atoms with Crippen LogP contribution in [-0.4, -0.2) is 18.0 Å². The van der Waals surface area contributed by atoms with Gasteiger partial charge in [0, 0.05) is 15.6 Å². The van der Waals surface area contributed by atoms with E-state index in [0.717, 1.165) is 4.47 Å². The van der Waals surface area contributed by atoms with Crippen LogP contribution in [0.5, 0.6) is 5.75 Å². The number of nitrogens with two attached hydrogens (primary N) is 1. The summed E-state index contributed by atoms with van der Waals surface area (Å²) in [7, 11) is 1.52. The number of nitrogens with one attached hydrogen (secondary N) is 1. The number of rotatable bonds is 4. The summed E-state index contributed by atoms with van der Waals surface area (Å²) in [4.78, 5) is 12.5. The lowest BCUT2D eigenvalue weighted by atomic mass is 10.1. The summed E-state index contributed by atoms with van der Waals surface area (Å²) in [6.07, 6.45) is 0. The topological polar surface area (TPSA) is 64.3 Å². The molecular weight excluding hydrogens is 352 g/mol. The van der Waals surface area contributed by atoms with Crippen molar-refractivity contribution in [1.82, 2.24) is 0 Å². The van der Waals surface area contributed by atoms with Crippen molar-refractivity contribution in [2.24, 2.45) is 5.73 Å². The number of thiocarbonyl (C=S) groups is 1. The Labute approximate surface area is 136 Å². The van der Waals surface area contributed by atoms with E-state index in [1.165, 1.54) is 7.11 Å². The summed E-state index contributed by atoms with van der Waals surface area (Å²) >= 11 is 8.25. The second kappa shape index (κ2) is 6.69. The third kappa shape index (κ3) is 3.80. The monoisotopic (exact) mass is 364 g/mol. The highest BCUT2D eigenvalue weighted by atomic mass is 79.9. The molecule has 0 aromatic heterocycles. The zero-order valence-corrected chi connectivity index (χ0v) is 13.6. The van der Waals surface area contributed by atoms with Crippen LogP contribution in [0.3, 0.4) is 0 Å². The largest absolute Gasteiger partial charge is 0.495 e. The number of halogens is 1. The molecule has 21 heavy (non-hydrogen) atoms. The standard InChI is InChI=1S/C15H13BrN2O2S/c1-20-13-8-10(14(17)21)4-7-12(13)18-15(19)9-2-5-11(16)6-3-9/h2-8H,1H3,(H2,17,21)(H,18,19). The van der Waals surface area contributed by atoms with Crippen molar-refractivity contribution >= 4 is 44.7 Å². The van der Waals surface area contributed by atoms with Crippen molar-refractivity contribution in [3.63, 3.8) is 0 Å². The number of amides is 1. The molecule has 3 N–H and O–H groups in total. The van der Waals surface area contributed by atoms with Crippen molar-refractivity contribution in [3.05, 3.63) is 58.1 Å². The van der Waals surface area contributed by atoms with Gasteiger partial charge in [-0.25, -0.2) is 0 Å². The fraction of sp³-hybridized carbons (Fsp3) is 0.0667. The molecule has 1 amide bonds. The first-order valence-electron chi connectivity index (χ1n) is 6.06. The number of carbonyl (C=O) groups is 1. The maximum Gasteiger partial charge on any atom is 0.255 e. The smallest absolute Gasteiger partial charge is 0.255 e. The van der Waals surface area contributed by atoms with E-state index in [2.05, 4.69) is 21.2 Å². The summed E-state index contributed by atoms with van der Waals surface area (Å²) in [6, 6.07) is 12.2. The van der Waals surface area contributed by atoms with Crippen LogP contribution >= 0.6 is 28.1 Å². The number of benzene rings is 2. The van der Waals surface area contributed by atoms with Gasteiger partial charge in [0.25, 0.3) is 5.91 Å². The zero-order chi connectivity index (χ0) is 15.4. The number of ether oxygens (including phenoxy) is 1. The third-order valence-corrected chi connectivity index (χ3v) is 3.61. The molecule has 0 atom stereocenters. The maximum absolute atomic E-state index is 12.2. The fourth-order valence-corrected chi connectivity index (χ4v) is 2.13. The van der Waals surface area contributed by atoms with Crippen molar-refractivity contribution < 1.29 is 9.53 Å². The van der Waals surface area contributed by atoms with Crippen LogP contribution < -0.4 is 15.8 Å². The van der Waals surface area contributed by atoms with Crippen molar-refractivity contribution in [1.29, 1.82) is 0 Å². The van der Waals surface area contributed by atoms with Crippen LogP contribution in [0.4, 0.5) is 5.69 Å². The van der Waals surface area contributed by atoms with Gasteiger partial charge in [-0.2, -0.15) is 0 Å². The Kier molecular flexibility index (Phi) is 4.93. The van der Waals surface area contributed by atoms with Gasteiger partial charge in [0.1, 0.15) is 10.7 Å². The molecule has 0 aliphatic heterocycles. The summed E-state index contributed by atoms with van der Waals surface area (Å²) in [5, 5.41) is 2.80. The number of hydrogen-bond donors (Lipinski definition) is 2. The Bertz CT molecular complexity index is 687. The summed E-state index contributed by atoms with van der Waals surface area (Å²) in [6.45, 7) is 0. The average Bonchev–Trinajstić information content (AvgIpc) is 2.48. The summed E-state index contributed by atoms with van der Waals surface area (Å²) in [5.41, 5.74) is 7.38. The van der Waals surface area contributed by atoms with E-state index in [9.17, 15) is 4.79 Å². The molecule has 2 aromatic carbocycles. The van der Waals surface area contributed by atoms with Gasteiger partial charge in [0.05, 0.1) is 12.8 Å². The Balaban J connectivity index is 2.24. The Hall–Kier alpha value is -1.92. The number of carbonyl (C=O) groups excluding carboxylic acids is 1. The SMILES string of the molecule is COc1cc(C(N)=S)ccc1NC(=O)c1ccc(Br)cc1. The molecule has 108 valence electrons. The minimum Gasteiger partial charge on any atom is -0.495 e. The Morgan fingerprint density at radius 3 is 2.38 bits per heavy atom. The first-order chi connectivity index (χ1) is 10.0. The lowest BCUT2D eigenvalue weighted by molar-refractivity contribution is 0.102. The lowest BCUT2D eigenvalue weighted by Gasteiger charge is -2.11. The number of hydrogen-bond acceptors (Lipinski definition) is 3. The number of methoxy groups -OCH3 is 1. The van der Waals surface area contributed by atoms with E-state index in [1.54, 1.807) is 30.3 Å². The van der Waals surface area contributed by atoms with Gasteiger partial charge >= 0.3 is 0 Å². The van der Waals surface area contributed by atoms with E-state index in [-0.39, 0.29) is 10.9 Å². The van der Waals surface area contributed by atoms with E-state index >= 15 is 0 Å². The fourth-order valence-electron chi connectivity index (χ4n) is 1.74. The van der Waals surface area contributed by atoms with Gasteiger partial charge in [0.15, 0.2) is 0 Å². The van der Waals surface area contributed by atoms with Crippen LogP contribution in [0.15, 0.2) is 46.9 Å². The number of anilines is 1. The molecule has 0 fully saturated rings. The van der Waals surface area contributed by atoms with Crippen LogP contribution in [-0.2, 0) is 0 Å². The van der Waals surface area contributed by atoms with Crippen LogP contribution in [0.1, 0.15) is 15.9 Å². The highest BCUT2D eigenvalue weighted by Crippen LogP contribution is 2.26. The highest BCUT2D eigenvalue weighted by molar-refractivity contribution is 9.10. The van der Waals surface area contributed by atoms with Gasteiger partial charge in [-0.3, -0.25) is 4.79 Å². The minimum absolute atomic E-state index is 0.219. The van der Waals surface area contributed by atoms with E-state index in [4.69, 9.17) is 22.7 Å². The third-order valence-electron chi connectivity index (χ3n) is 2.84. The molecule has 2 aromatic rings. The van der Waals surface area contributed by atoms with E-state index < -0.39 is 0 Å². The molecule has 0 saturated carbocycles. The van der Waals surface area contributed by atoms with Crippen LogP contribution in [0.2, 0.25) is 0 Å². The molecule has 0 aliphatic rings. The van der Waals surface area contributed by atoms with Gasteiger partial charge < -0.3 is 15.8 Å². The summed E-state index contributed by atoms with van der Waals surface area (Å²) in [5.74, 6) is 0.287. The Morgan fingerprint density at radius 2 is 1.81 bits per heavy atom. The molecule has 0 bridgehead atoms. The first-order valence-corrected chi connectivity index (χ1v) is 7.26. The van der Waals surface area contributed by atoms with E-state index in [0.29, 0.717) is 22.6 Å². The van der Waals surface area contributed by atoms with Crippen LogP contribution in [0, 0.1) is 0 Å². The van der Waals surface area contributed by atoms with Crippen molar-refractivity contribution in [3.8, 4) is 5.75 Å². The predicted octanol–water partition coefficient (Wildman–Crippen LogP) is 3.34. The second-order valence-electron chi connectivity index (χ2n) is 4.24. The normalized spacial score (nSPS) is 10.0. The zero-order valence-electron chi connectivity index (χ0n) is 11.2. The van der Waals surface area contributed by atoms with Gasteiger partial charge in [-0.15, -0.1) is 0 Å². The van der Waals surface area contributed by atoms with E-state index in [1.807, 2.05) is 12.1 Å². The molecule has 4 nitrogen and oxygen atoms in total. The molecule has 0 saturated heterocycles. The summed E-state index contributed by atoms with van der Waals surface area (Å²) < 4.78 is 6.17. The predicted molar refractivity (Wildman–Crippen MR) is 91.0 cm³/mol. The van der Waals surface area contributed by atoms with Crippen molar-refractivity contribution in [2.45, 2.75) is 0 Å². The molecule has 0 heterocycles. The van der Waals surface area contributed by atoms with Crippen LogP contribution in [0.25, 0.3) is 0 Å². The molecule has 0 unspecified atom stereocenters. The minimum atomic E-state index is -0.219. The molecule has 0 radical (unpaired) electrons. The van der Waals surface area contributed by atoms with Gasteiger partial charge in [0.2, 0.25) is 0 Å². The lowest BCUT2D eigenvalue weighted by Crippen LogP contribution is -2.14. The second-order valence-corrected chi connectivity index (χ2v) is 5.60. The van der Waals surface area contributed by atoms with Gasteiger partial charge in [-0.1, -0.05) is 28.1 Å². The molecular formula is C15H13BrN2O2S. The first kappa shape index (κ1) is 15.5. The van der Waals surface area contributed by atoms with Gasteiger partial charge in [-0.05, 0) is 42.5 Å². The van der Waals surface area contributed by atoms with Crippen molar-refractivity contribution in [2.75, 3.05) is 12.4 Å². The molecule has 0 aliphatic carbocycles. The molecule has 2 rings (SSSR count). The molecule has 6 heteroatoms. The average molecular weight is 365 g/mol. The highest BCUT2D eigenvalue weighted by Gasteiger charge is 2.11. The Morgan fingerprint density at radius 1 is 1.19 bits per heavy atom. The molecule has 0 spiro atoms. The maximum atomic E-state index is 12.2. The quantitative estimate of drug-likeness (QED) is 0.816.